The van der Waals surface area contributed by atoms with Gasteiger partial charge in [-0.05, 0) is 36.4 Å². The molecule has 0 radical (unpaired) electrons. The molecule has 3 rings (SSSR count). The summed E-state index contributed by atoms with van der Waals surface area (Å²) in [5.74, 6) is 0. The highest BCUT2D eigenvalue weighted by atomic mass is 16.2. The van der Waals surface area contributed by atoms with Crippen molar-refractivity contribution in [1.82, 2.24) is 14.0 Å². The SMILES string of the molecule is O=C(Nn1cccc1)N(n1cccc1)n1cccc1. The minimum absolute atomic E-state index is 0.274. The Morgan fingerprint density at radius 3 is 1.63 bits per heavy atom. The van der Waals surface area contributed by atoms with E-state index in [1.807, 2.05) is 36.4 Å². The van der Waals surface area contributed by atoms with Crippen LogP contribution in [0.5, 0.6) is 0 Å². The van der Waals surface area contributed by atoms with Gasteiger partial charge in [-0.25, -0.2) is 19.6 Å². The van der Waals surface area contributed by atoms with E-state index in [9.17, 15) is 4.79 Å². The highest BCUT2D eigenvalue weighted by Crippen LogP contribution is 2.00. The second-order valence-electron chi connectivity index (χ2n) is 3.92. The van der Waals surface area contributed by atoms with Crippen LogP contribution >= 0.6 is 0 Å². The highest BCUT2D eigenvalue weighted by Gasteiger charge is 2.16. The molecular weight excluding hydrogens is 242 g/mol. The molecule has 3 aromatic heterocycles. The fourth-order valence-corrected chi connectivity index (χ4v) is 1.80. The van der Waals surface area contributed by atoms with Gasteiger partial charge in [0.1, 0.15) is 0 Å². The molecule has 3 heterocycles. The molecule has 0 aliphatic heterocycles. The Labute approximate surface area is 110 Å². The first-order valence-electron chi connectivity index (χ1n) is 5.85. The minimum Gasteiger partial charge on any atom is -0.267 e. The molecule has 3 aromatic rings. The van der Waals surface area contributed by atoms with Gasteiger partial charge in [0.2, 0.25) is 0 Å². The van der Waals surface area contributed by atoms with E-state index in [-0.39, 0.29) is 6.03 Å². The molecule has 6 nitrogen and oxygen atoms in total. The molecule has 96 valence electrons. The summed E-state index contributed by atoms with van der Waals surface area (Å²) in [6.45, 7) is 0. The molecule has 2 amide bonds. The zero-order valence-electron chi connectivity index (χ0n) is 10.1. The molecule has 0 aliphatic carbocycles. The molecule has 0 saturated carbocycles. The Morgan fingerprint density at radius 1 is 0.737 bits per heavy atom. The topological polar surface area (TPSA) is 47.1 Å². The van der Waals surface area contributed by atoms with Crippen molar-refractivity contribution in [2.45, 2.75) is 0 Å². The number of urea groups is 1. The Kier molecular flexibility index (Phi) is 2.82. The van der Waals surface area contributed by atoms with Gasteiger partial charge in [-0.15, -0.1) is 5.12 Å². The van der Waals surface area contributed by atoms with E-state index < -0.39 is 0 Å². The first kappa shape index (κ1) is 11.2. The molecule has 0 aliphatic rings. The lowest BCUT2D eigenvalue weighted by Gasteiger charge is -2.24. The number of nitrogens with one attached hydrogen (secondary N) is 1. The monoisotopic (exact) mass is 255 g/mol. The maximum absolute atomic E-state index is 12.4. The zero-order valence-corrected chi connectivity index (χ0v) is 10.1. The average Bonchev–Trinajstić information content (AvgIpc) is 3.11. The number of aromatic nitrogens is 3. The van der Waals surface area contributed by atoms with Crippen molar-refractivity contribution in [2.75, 3.05) is 10.5 Å². The van der Waals surface area contributed by atoms with Gasteiger partial charge in [-0.3, -0.25) is 4.68 Å². The summed E-state index contributed by atoms with van der Waals surface area (Å²) in [4.78, 5) is 12.4. The lowest BCUT2D eigenvalue weighted by Crippen LogP contribution is -2.47. The summed E-state index contributed by atoms with van der Waals surface area (Å²) in [5.41, 5.74) is 2.76. The number of hydrogen-bond donors (Lipinski definition) is 1. The van der Waals surface area contributed by atoms with Gasteiger partial charge < -0.3 is 0 Å². The van der Waals surface area contributed by atoms with Crippen molar-refractivity contribution in [3.05, 3.63) is 73.6 Å². The highest BCUT2D eigenvalue weighted by molar-refractivity contribution is 5.90. The van der Waals surface area contributed by atoms with Crippen molar-refractivity contribution < 1.29 is 4.79 Å². The van der Waals surface area contributed by atoms with Crippen LogP contribution in [0.15, 0.2) is 73.6 Å². The van der Waals surface area contributed by atoms with Crippen LogP contribution in [0.25, 0.3) is 0 Å². The van der Waals surface area contributed by atoms with Gasteiger partial charge >= 0.3 is 6.03 Å². The number of rotatable bonds is 3. The van der Waals surface area contributed by atoms with Gasteiger partial charge in [0.05, 0.1) is 0 Å². The maximum Gasteiger partial charge on any atom is 0.375 e. The fourth-order valence-electron chi connectivity index (χ4n) is 1.80. The van der Waals surface area contributed by atoms with Crippen molar-refractivity contribution in [3.63, 3.8) is 0 Å². The predicted molar refractivity (Wildman–Crippen MR) is 71.7 cm³/mol. The van der Waals surface area contributed by atoms with Crippen LogP contribution in [-0.2, 0) is 0 Å². The van der Waals surface area contributed by atoms with E-state index in [2.05, 4.69) is 5.43 Å². The second kappa shape index (κ2) is 4.77. The summed E-state index contributed by atoms with van der Waals surface area (Å²) in [7, 11) is 0. The van der Waals surface area contributed by atoms with Crippen molar-refractivity contribution in [1.29, 1.82) is 0 Å². The van der Waals surface area contributed by atoms with Gasteiger partial charge in [-0.2, -0.15) is 0 Å². The largest absolute Gasteiger partial charge is 0.375 e. The molecule has 0 aromatic carbocycles. The summed E-state index contributed by atoms with van der Waals surface area (Å²) in [6.07, 6.45) is 10.7. The van der Waals surface area contributed by atoms with E-state index >= 15 is 0 Å². The molecule has 1 N–H and O–H groups in total. The fraction of sp³-hybridized carbons (Fsp3) is 0. The molecule has 0 fully saturated rings. The van der Waals surface area contributed by atoms with Gasteiger partial charge in [0.25, 0.3) is 0 Å². The summed E-state index contributed by atoms with van der Waals surface area (Å²) in [6, 6.07) is 10.9. The van der Waals surface area contributed by atoms with Crippen LogP contribution < -0.4 is 10.5 Å². The first-order valence-corrected chi connectivity index (χ1v) is 5.85. The van der Waals surface area contributed by atoms with Crippen LogP contribution in [0, 0.1) is 0 Å². The molecule has 0 spiro atoms. The van der Waals surface area contributed by atoms with Crippen LogP contribution in [0.4, 0.5) is 4.79 Å². The molecule has 19 heavy (non-hydrogen) atoms. The Balaban J connectivity index is 1.89. The Bertz CT molecular complexity index is 590. The zero-order chi connectivity index (χ0) is 13.1. The third kappa shape index (κ3) is 2.23. The second-order valence-corrected chi connectivity index (χ2v) is 3.92. The number of carbonyl (C=O) groups is 1. The maximum atomic E-state index is 12.4. The third-order valence-electron chi connectivity index (χ3n) is 2.63. The molecule has 0 unspecified atom stereocenters. The van der Waals surface area contributed by atoms with Gasteiger partial charge in [0, 0.05) is 37.2 Å². The molecule has 0 saturated heterocycles. The number of nitrogens with zero attached hydrogens (tertiary/aromatic N) is 4. The van der Waals surface area contributed by atoms with Crippen LogP contribution in [0.1, 0.15) is 0 Å². The lowest BCUT2D eigenvalue weighted by atomic mass is 10.7. The quantitative estimate of drug-likeness (QED) is 0.763. The van der Waals surface area contributed by atoms with E-state index in [0.717, 1.165) is 0 Å². The normalized spacial score (nSPS) is 10.3. The lowest BCUT2D eigenvalue weighted by molar-refractivity contribution is 0.246. The molecule has 0 atom stereocenters. The van der Waals surface area contributed by atoms with E-state index in [1.165, 1.54) is 5.12 Å². The number of carbonyl (C=O) groups excluding carboxylic acids is 1. The number of amides is 2. The van der Waals surface area contributed by atoms with Crippen LogP contribution in [0.2, 0.25) is 0 Å². The Morgan fingerprint density at radius 2 is 1.16 bits per heavy atom. The smallest absolute Gasteiger partial charge is 0.267 e. The van der Waals surface area contributed by atoms with Crippen molar-refractivity contribution in [2.24, 2.45) is 0 Å². The average molecular weight is 255 g/mol. The Hall–Kier alpha value is -2.89. The van der Waals surface area contributed by atoms with Crippen LogP contribution in [-0.4, -0.2) is 20.1 Å². The summed E-state index contributed by atoms with van der Waals surface area (Å²) in [5, 5.41) is 1.47. The van der Waals surface area contributed by atoms with E-state index in [0.29, 0.717) is 0 Å². The summed E-state index contributed by atoms with van der Waals surface area (Å²) >= 11 is 0. The van der Waals surface area contributed by atoms with Crippen LogP contribution in [0.3, 0.4) is 0 Å². The van der Waals surface area contributed by atoms with E-state index in [1.54, 1.807) is 51.2 Å². The number of hydrogen-bond acceptors (Lipinski definition) is 1. The van der Waals surface area contributed by atoms with Crippen molar-refractivity contribution >= 4 is 6.03 Å². The van der Waals surface area contributed by atoms with E-state index in [4.69, 9.17) is 0 Å². The summed E-state index contributed by atoms with van der Waals surface area (Å²) < 4.78 is 4.99. The molecular formula is C13H13N5O. The third-order valence-corrected chi connectivity index (χ3v) is 2.63. The van der Waals surface area contributed by atoms with Gasteiger partial charge in [-0.1, -0.05) is 0 Å². The standard InChI is InChI=1S/C13H13N5O/c19-13(14-15-7-1-2-8-15)18(16-9-3-4-10-16)17-11-5-6-12-17/h1-12H,(H,14,19). The predicted octanol–water partition coefficient (Wildman–Crippen LogP) is 1.86. The molecule has 6 heteroatoms. The minimum atomic E-state index is -0.274. The first-order chi connectivity index (χ1) is 9.34. The van der Waals surface area contributed by atoms with Crippen molar-refractivity contribution in [3.8, 4) is 0 Å². The molecule has 0 bridgehead atoms. The van der Waals surface area contributed by atoms with Gasteiger partial charge in [0.15, 0.2) is 0 Å².